The molecule has 0 saturated heterocycles. The number of benzene rings is 1. The van der Waals surface area contributed by atoms with Gasteiger partial charge in [-0.2, -0.15) is 0 Å². The zero-order valence-electron chi connectivity index (χ0n) is 8.02. The summed E-state index contributed by atoms with van der Waals surface area (Å²) in [6.07, 6.45) is 9.19. The maximum absolute atomic E-state index is 5.62. The van der Waals surface area contributed by atoms with Gasteiger partial charge in [0, 0.05) is 0 Å². The lowest BCUT2D eigenvalue weighted by molar-refractivity contribution is 0.209. The standard InChI is InChI=1S/C13H13O/c1-3-7-12(8-4-1)11-14-13-9-5-2-6-10-13/h1-5,7-10H,6,11H2. The van der Waals surface area contributed by atoms with Gasteiger partial charge < -0.3 is 4.74 Å². The predicted octanol–water partition coefficient (Wildman–Crippen LogP) is 3.25. The van der Waals surface area contributed by atoms with Crippen LogP contribution in [-0.4, -0.2) is 0 Å². The Labute approximate surface area is 84.7 Å². The second-order valence-electron chi connectivity index (χ2n) is 3.21. The molecule has 1 aromatic carbocycles. The summed E-state index contributed by atoms with van der Waals surface area (Å²) >= 11 is 0. The third-order valence-electron chi connectivity index (χ3n) is 2.10. The van der Waals surface area contributed by atoms with Gasteiger partial charge in [-0.15, -0.1) is 0 Å². The van der Waals surface area contributed by atoms with E-state index in [2.05, 4.69) is 24.6 Å². The predicted molar refractivity (Wildman–Crippen MR) is 57.4 cm³/mol. The van der Waals surface area contributed by atoms with Crippen molar-refractivity contribution in [3.63, 3.8) is 0 Å². The summed E-state index contributed by atoms with van der Waals surface area (Å²) < 4.78 is 5.62. The molecule has 1 aliphatic carbocycles. The van der Waals surface area contributed by atoms with Crippen molar-refractivity contribution in [1.82, 2.24) is 0 Å². The van der Waals surface area contributed by atoms with Crippen LogP contribution >= 0.6 is 0 Å². The molecule has 0 aromatic heterocycles. The van der Waals surface area contributed by atoms with Crippen molar-refractivity contribution >= 4 is 0 Å². The smallest absolute Gasteiger partial charge is 0.115 e. The lowest BCUT2D eigenvalue weighted by Crippen LogP contribution is -1.93. The fourth-order valence-electron chi connectivity index (χ4n) is 1.34. The summed E-state index contributed by atoms with van der Waals surface area (Å²) in [5, 5.41) is 0. The van der Waals surface area contributed by atoms with Gasteiger partial charge in [0.2, 0.25) is 0 Å². The van der Waals surface area contributed by atoms with Gasteiger partial charge in [-0.1, -0.05) is 36.4 Å². The summed E-state index contributed by atoms with van der Waals surface area (Å²) in [5.41, 5.74) is 1.20. The number of hydrogen-bond donors (Lipinski definition) is 0. The summed E-state index contributed by atoms with van der Waals surface area (Å²) in [6, 6.07) is 10.2. The largest absolute Gasteiger partial charge is 0.489 e. The molecule has 1 radical (unpaired) electrons. The molecule has 0 atom stereocenters. The van der Waals surface area contributed by atoms with Crippen LogP contribution in [0, 0.1) is 6.42 Å². The maximum atomic E-state index is 5.62. The second-order valence-corrected chi connectivity index (χ2v) is 3.21. The van der Waals surface area contributed by atoms with Gasteiger partial charge in [0.1, 0.15) is 12.4 Å². The fourth-order valence-corrected chi connectivity index (χ4v) is 1.34. The highest BCUT2D eigenvalue weighted by Gasteiger charge is 1.98. The SMILES string of the molecule is [CH]1C=CC(OCc2ccccc2)=CC1. The van der Waals surface area contributed by atoms with E-state index in [1.54, 1.807) is 0 Å². The van der Waals surface area contributed by atoms with Gasteiger partial charge in [-0.25, -0.2) is 0 Å². The van der Waals surface area contributed by atoms with E-state index in [0.29, 0.717) is 6.61 Å². The van der Waals surface area contributed by atoms with Crippen LogP contribution in [0.3, 0.4) is 0 Å². The Morgan fingerprint density at radius 2 is 2.00 bits per heavy atom. The molecule has 1 nitrogen and oxygen atoms in total. The van der Waals surface area contributed by atoms with Crippen LogP contribution in [0.4, 0.5) is 0 Å². The van der Waals surface area contributed by atoms with Crippen molar-refractivity contribution in [3.05, 3.63) is 66.3 Å². The van der Waals surface area contributed by atoms with Gasteiger partial charge in [-0.3, -0.25) is 0 Å². The van der Waals surface area contributed by atoms with Crippen molar-refractivity contribution in [3.8, 4) is 0 Å². The maximum Gasteiger partial charge on any atom is 0.115 e. The highest BCUT2D eigenvalue weighted by Crippen LogP contribution is 2.12. The van der Waals surface area contributed by atoms with Crippen LogP contribution in [0.5, 0.6) is 0 Å². The van der Waals surface area contributed by atoms with Crippen LogP contribution in [0.25, 0.3) is 0 Å². The Bertz CT molecular complexity index is 336. The van der Waals surface area contributed by atoms with Gasteiger partial charge in [0.15, 0.2) is 0 Å². The van der Waals surface area contributed by atoms with Crippen molar-refractivity contribution in [2.75, 3.05) is 0 Å². The molecule has 0 heterocycles. The minimum atomic E-state index is 0.650. The summed E-state index contributed by atoms with van der Waals surface area (Å²) in [4.78, 5) is 0. The Kier molecular flexibility index (Phi) is 3.02. The Hall–Kier alpha value is -1.50. The van der Waals surface area contributed by atoms with Crippen LogP contribution in [0.1, 0.15) is 12.0 Å². The van der Waals surface area contributed by atoms with Crippen LogP contribution in [-0.2, 0) is 11.3 Å². The molecule has 14 heavy (non-hydrogen) atoms. The molecular formula is C13H13O. The van der Waals surface area contributed by atoms with Crippen LogP contribution in [0.15, 0.2) is 54.3 Å². The number of allylic oxidation sites excluding steroid dienone is 3. The lowest BCUT2D eigenvalue weighted by Gasteiger charge is -2.09. The van der Waals surface area contributed by atoms with E-state index in [1.807, 2.05) is 30.4 Å². The molecule has 0 bridgehead atoms. The molecular weight excluding hydrogens is 172 g/mol. The van der Waals surface area contributed by atoms with Gasteiger partial charge in [0.25, 0.3) is 0 Å². The molecule has 0 N–H and O–H groups in total. The zero-order chi connectivity index (χ0) is 9.64. The average Bonchev–Trinajstić information content (AvgIpc) is 2.29. The number of rotatable bonds is 3. The summed E-state index contributed by atoms with van der Waals surface area (Å²) in [6.45, 7) is 0.650. The van der Waals surface area contributed by atoms with Crippen molar-refractivity contribution in [2.45, 2.75) is 13.0 Å². The second kappa shape index (κ2) is 4.66. The summed E-state index contributed by atoms with van der Waals surface area (Å²) in [5.74, 6) is 0.969. The normalized spacial score (nSPS) is 15.0. The molecule has 0 unspecified atom stereocenters. The van der Waals surface area contributed by atoms with E-state index in [0.717, 1.165) is 12.2 Å². The van der Waals surface area contributed by atoms with E-state index in [4.69, 9.17) is 4.74 Å². The fraction of sp³-hybridized carbons (Fsp3) is 0.154. The van der Waals surface area contributed by atoms with Crippen molar-refractivity contribution in [1.29, 1.82) is 0 Å². The van der Waals surface area contributed by atoms with Gasteiger partial charge >= 0.3 is 0 Å². The monoisotopic (exact) mass is 185 g/mol. The highest BCUT2D eigenvalue weighted by molar-refractivity contribution is 5.22. The summed E-state index contributed by atoms with van der Waals surface area (Å²) in [7, 11) is 0. The Balaban J connectivity index is 1.88. The molecule has 0 aliphatic heterocycles. The van der Waals surface area contributed by atoms with E-state index in [1.165, 1.54) is 5.56 Å². The first-order valence-corrected chi connectivity index (χ1v) is 4.82. The van der Waals surface area contributed by atoms with Gasteiger partial charge in [-0.05, 0) is 30.6 Å². The lowest BCUT2D eigenvalue weighted by atomic mass is 10.2. The van der Waals surface area contributed by atoms with E-state index in [9.17, 15) is 0 Å². The van der Waals surface area contributed by atoms with E-state index < -0.39 is 0 Å². The molecule has 71 valence electrons. The van der Waals surface area contributed by atoms with Crippen molar-refractivity contribution < 1.29 is 4.74 Å². The quantitative estimate of drug-likeness (QED) is 0.702. The first kappa shape index (κ1) is 9.07. The number of ether oxygens (including phenoxy) is 1. The molecule has 1 heteroatoms. The first-order valence-electron chi connectivity index (χ1n) is 4.82. The molecule has 0 saturated carbocycles. The van der Waals surface area contributed by atoms with Crippen molar-refractivity contribution in [2.24, 2.45) is 0 Å². The molecule has 0 amide bonds. The molecule has 1 aliphatic rings. The zero-order valence-corrected chi connectivity index (χ0v) is 8.02. The Morgan fingerprint density at radius 3 is 2.71 bits per heavy atom. The molecule has 2 rings (SSSR count). The molecule has 0 fully saturated rings. The van der Waals surface area contributed by atoms with Crippen LogP contribution in [0.2, 0.25) is 0 Å². The van der Waals surface area contributed by atoms with Gasteiger partial charge in [0.05, 0.1) is 0 Å². The van der Waals surface area contributed by atoms with Crippen LogP contribution < -0.4 is 0 Å². The average molecular weight is 185 g/mol. The Morgan fingerprint density at radius 1 is 1.14 bits per heavy atom. The van der Waals surface area contributed by atoms with E-state index in [-0.39, 0.29) is 0 Å². The topological polar surface area (TPSA) is 9.23 Å². The molecule has 0 spiro atoms. The number of hydrogen-bond acceptors (Lipinski definition) is 1. The molecule has 1 aromatic rings. The minimum Gasteiger partial charge on any atom is -0.489 e. The first-order chi connectivity index (χ1) is 6.95. The third kappa shape index (κ3) is 2.49. The third-order valence-corrected chi connectivity index (χ3v) is 2.10. The van der Waals surface area contributed by atoms with E-state index >= 15 is 0 Å². The highest BCUT2D eigenvalue weighted by atomic mass is 16.5. The minimum absolute atomic E-state index is 0.650.